The summed E-state index contributed by atoms with van der Waals surface area (Å²) in [5.74, 6) is -2.49. The number of hydrogen-bond acceptors (Lipinski definition) is 4. The Kier molecular flexibility index (Phi) is 7.40. The van der Waals surface area contributed by atoms with E-state index in [4.69, 9.17) is 6.64 Å². The normalized spacial score (nSPS) is 12.7. The maximum absolute atomic E-state index is 14.5. The molecular weight excluding hydrogens is 654 g/mol. The SMILES string of the molecule is C[CH]=[Ti]([O]C(=O)c1ccc(F)cc1)([O]C(=O)c1ccc(F)cc1)([c]1cccc2c1Cc1ccccc1-2)[c]1cccc2c1Cc1ccccc1-2. The molecule has 0 saturated heterocycles. The van der Waals surface area contributed by atoms with E-state index < -0.39 is 39.2 Å². The summed E-state index contributed by atoms with van der Waals surface area (Å²) in [5, 5.41) is 0. The van der Waals surface area contributed by atoms with Gasteiger partial charge < -0.3 is 0 Å². The zero-order valence-electron chi connectivity index (χ0n) is 26.6. The fourth-order valence-corrected chi connectivity index (χ4v) is 15.5. The van der Waals surface area contributed by atoms with Gasteiger partial charge in [0.05, 0.1) is 0 Å². The Morgan fingerprint density at radius 1 is 0.531 bits per heavy atom. The fraction of sp³-hybridized carbons (Fsp3) is 0.0714. The third kappa shape index (κ3) is 4.86. The summed E-state index contributed by atoms with van der Waals surface area (Å²) in [6.45, 7) is 1.79. The minimum absolute atomic E-state index is 0.114. The first-order valence-electron chi connectivity index (χ1n) is 16.2. The molecule has 0 unspecified atom stereocenters. The third-order valence-electron chi connectivity index (χ3n) is 10.00. The van der Waals surface area contributed by atoms with Crippen molar-refractivity contribution >= 4 is 24.0 Å². The molecule has 4 nitrogen and oxygen atoms in total. The van der Waals surface area contributed by atoms with Gasteiger partial charge in [-0.15, -0.1) is 0 Å². The van der Waals surface area contributed by atoms with Crippen LogP contribution < -0.4 is 7.74 Å². The third-order valence-corrected chi connectivity index (χ3v) is 18.1. The van der Waals surface area contributed by atoms with Crippen molar-refractivity contribution in [1.82, 2.24) is 0 Å². The van der Waals surface area contributed by atoms with Crippen molar-refractivity contribution in [3.05, 3.63) is 178 Å². The van der Waals surface area contributed by atoms with Gasteiger partial charge in [-0.25, -0.2) is 0 Å². The summed E-state index contributed by atoms with van der Waals surface area (Å²) in [4.78, 5) is 29.0. The minimum atomic E-state index is -6.12. The van der Waals surface area contributed by atoms with Crippen LogP contribution in [-0.2, 0) is 35.1 Å². The van der Waals surface area contributed by atoms with Crippen LogP contribution in [0.1, 0.15) is 49.9 Å². The maximum atomic E-state index is 14.5. The Balaban J connectivity index is 1.47. The van der Waals surface area contributed by atoms with E-state index in [1.165, 1.54) is 48.5 Å². The van der Waals surface area contributed by atoms with Crippen molar-refractivity contribution in [2.24, 2.45) is 0 Å². The second-order valence-electron chi connectivity index (χ2n) is 12.6. The summed E-state index contributed by atoms with van der Waals surface area (Å²) in [6, 6.07) is 38.2. The van der Waals surface area contributed by atoms with Crippen LogP contribution >= 0.6 is 0 Å². The molecule has 8 rings (SSSR count). The average molecular weight is 685 g/mol. The van der Waals surface area contributed by atoms with Gasteiger partial charge in [0.25, 0.3) is 0 Å². The van der Waals surface area contributed by atoms with E-state index in [2.05, 4.69) is 24.3 Å². The molecule has 0 amide bonds. The summed E-state index contributed by atoms with van der Waals surface area (Å²) in [5.41, 5.74) is 8.31. The van der Waals surface area contributed by atoms with Crippen LogP contribution in [0.4, 0.5) is 8.78 Å². The van der Waals surface area contributed by atoms with Gasteiger partial charge in [0.15, 0.2) is 0 Å². The van der Waals surface area contributed by atoms with Crippen LogP contribution in [0.2, 0.25) is 0 Å². The molecule has 0 heterocycles. The Morgan fingerprint density at radius 3 is 1.33 bits per heavy atom. The predicted octanol–water partition coefficient (Wildman–Crippen LogP) is 8.11. The van der Waals surface area contributed by atoms with Crippen LogP contribution in [0.5, 0.6) is 0 Å². The molecule has 0 aromatic heterocycles. The number of halogens is 2. The van der Waals surface area contributed by atoms with E-state index in [0.29, 0.717) is 20.6 Å². The van der Waals surface area contributed by atoms with Gasteiger partial charge in [0.2, 0.25) is 0 Å². The first-order valence-corrected chi connectivity index (χ1v) is 19.9. The molecule has 0 N–H and O–H groups in total. The first-order chi connectivity index (χ1) is 23.8. The van der Waals surface area contributed by atoms with Gasteiger partial charge in [-0.2, -0.15) is 0 Å². The molecule has 0 bridgehead atoms. The van der Waals surface area contributed by atoms with Crippen molar-refractivity contribution < 1.29 is 40.6 Å². The molecule has 0 saturated carbocycles. The molecule has 0 fully saturated rings. The molecule has 0 atom stereocenters. The van der Waals surface area contributed by atoms with Crippen LogP contribution in [-0.4, -0.2) is 16.3 Å². The zero-order valence-corrected chi connectivity index (χ0v) is 28.1. The van der Waals surface area contributed by atoms with Gasteiger partial charge in [-0.05, 0) is 0 Å². The van der Waals surface area contributed by atoms with E-state index in [1.54, 1.807) is 6.92 Å². The Labute approximate surface area is 283 Å². The second kappa shape index (κ2) is 11.7. The number of benzene rings is 6. The molecule has 0 spiro atoms. The monoisotopic (exact) mass is 684 g/mol. The molecule has 6 aromatic rings. The topological polar surface area (TPSA) is 52.6 Å². The quantitative estimate of drug-likeness (QED) is 0.166. The van der Waals surface area contributed by atoms with Gasteiger partial charge in [0.1, 0.15) is 0 Å². The van der Waals surface area contributed by atoms with E-state index >= 15 is 0 Å². The van der Waals surface area contributed by atoms with Crippen LogP contribution in [0.15, 0.2) is 133 Å². The van der Waals surface area contributed by atoms with E-state index in [9.17, 15) is 18.4 Å². The van der Waals surface area contributed by atoms with Crippen molar-refractivity contribution in [3.63, 3.8) is 0 Å². The predicted molar refractivity (Wildman–Crippen MR) is 184 cm³/mol. The van der Waals surface area contributed by atoms with Crippen molar-refractivity contribution in [2.45, 2.75) is 19.8 Å². The van der Waals surface area contributed by atoms with E-state index in [0.717, 1.165) is 44.5 Å². The van der Waals surface area contributed by atoms with Gasteiger partial charge in [0, 0.05) is 0 Å². The van der Waals surface area contributed by atoms with Crippen molar-refractivity contribution in [2.75, 3.05) is 0 Å². The standard InChI is InChI=1S/2C13H9.2C7H5FO2.C2H4.Ti/c2*1-3-7-12-10(5-1)9-11-6-2-4-8-13(11)12;2*8-6-3-1-5(2-4-6)7(9)10;1-2;/h2*1-5,7-8H,9H2;2*1-4H,(H,9,10);1H,2H3;/q;;;;;+2/p-2. The second-order valence-corrected chi connectivity index (χ2v) is 19.3. The number of fused-ring (bicyclic) bond motifs is 6. The van der Waals surface area contributed by atoms with Gasteiger partial charge >= 0.3 is 285 Å². The van der Waals surface area contributed by atoms with Crippen molar-refractivity contribution in [1.29, 1.82) is 0 Å². The molecule has 0 radical (unpaired) electrons. The van der Waals surface area contributed by atoms with Crippen molar-refractivity contribution in [3.8, 4) is 22.3 Å². The fourth-order valence-electron chi connectivity index (χ4n) is 7.67. The van der Waals surface area contributed by atoms with E-state index in [-0.39, 0.29) is 11.1 Å². The first kappa shape index (κ1) is 31.0. The van der Waals surface area contributed by atoms with Gasteiger partial charge in [-0.1, -0.05) is 0 Å². The number of hydrogen-bond donors (Lipinski definition) is 0. The molecule has 2 aliphatic rings. The molecular formula is C42H30F2O4Ti. The summed E-state index contributed by atoms with van der Waals surface area (Å²) in [6.07, 6.45) is 1.07. The molecule has 7 heteroatoms. The summed E-state index contributed by atoms with van der Waals surface area (Å²) < 4.78 is 45.2. The van der Waals surface area contributed by atoms with Crippen LogP contribution in [0.25, 0.3) is 22.3 Å². The van der Waals surface area contributed by atoms with E-state index in [1.807, 2.05) is 65.0 Å². The van der Waals surface area contributed by atoms with Crippen LogP contribution in [0, 0.1) is 11.6 Å². The Bertz CT molecular complexity index is 2230. The molecule has 49 heavy (non-hydrogen) atoms. The van der Waals surface area contributed by atoms with Crippen LogP contribution in [0.3, 0.4) is 0 Å². The Hall–Kier alpha value is -5.30. The molecule has 240 valence electrons. The zero-order chi connectivity index (χ0) is 33.8. The number of rotatable bonds is 6. The Morgan fingerprint density at radius 2 is 0.918 bits per heavy atom. The number of carbonyl (C=O) groups excluding carboxylic acids is 2. The number of carbonyl (C=O) groups is 2. The average Bonchev–Trinajstić information content (AvgIpc) is 3.70. The molecule has 2 aliphatic carbocycles. The summed E-state index contributed by atoms with van der Waals surface area (Å²) >= 11 is -6.12. The van der Waals surface area contributed by atoms with Gasteiger partial charge in [-0.3, -0.25) is 0 Å². The summed E-state index contributed by atoms with van der Waals surface area (Å²) in [7, 11) is 0. The molecule has 0 aliphatic heterocycles. The molecule has 6 aromatic carbocycles.